The number of carbonyl (C=O) groups is 3. The fourth-order valence-electron chi connectivity index (χ4n) is 3.65. The van der Waals surface area contributed by atoms with Gasteiger partial charge in [-0.05, 0) is 60.5 Å². The highest BCUT2D eigenvalue weighted by atomic mass is 16.5. The zero-order valence-electron chi connectivity index (χ0n) is 18.9. The van der Waals surface area contributed by atoms with Gasteiger partial charge in [-0.25, -0.2) is 0 Å². The fraction of sp³-hybridized carbons (Fsp3) is 0.154. The van der Waals surface area contributed by atoms with Gasteiger partial charge in [0, 0.05) is 30.7 Å². The summed E-state index contributed by atoms with van der Waals surface area (Å²) in [6.45, 7) is 3.96. The molecule has 0 unspecified atom stereocenters. The number of ether oxygens (including phenoxy) is 1. The molecular weight excluding hydrogens is 432 g/mol. The van der Waals surface area contributed by atoms with Gasteiger partial charge in [0.2, 0.25) is 5.91 Å². The number of benzene rings is 2. The third-order valence-electron chi connectivity index (χ3n) is 5.16. The Hall–Kier alpha value is -4.46. The molecule has 1 aromatic heterocycles. The first-order valence-corrected chi connectivity index (χ1v) is 10.8. The zero-order chi connectivity index (χ0) is 24.1. The summed E-state index contributed by atoms with van der Waals surface area (Å²) in [5, 5.41) is 5.81. The molecule has 2 aromatic carbocycles. The first kappa shape index (κ1) is 22.7. The lowest BCUT2D eigenvalue weighted by molar-refractivity contribution is -0.137. The Morgan fingerprint density at radius 1 is 0.971 bits per heavy atom. The van der Waals surface area contributed by atoms with E-state index in [1.165, 1.54) is 11.8 Å². The normalized spacial score (nSPS) is 13.3. The van der Waals surface area contributed by atoms with Gasteiger partial charge in [0.1, 0.15) is 11.4 Å². The van der Waals surface area contributed by atoms with Gasteiger partial charge in [-0.1, -0.05) is 18.2 Å². The van der Waals surface area contributed by atoms with Gasteiger partial charge < -0.3 is 15.4 Å². The molecule has 172 valence electrons. The number of carbonyl (C=O) groups excluding carboxylic acids is 3. The third-order valence-corrected chi connectivity index (χ3v) is 5.16. The third kappa shape index (κ3) is 4.96. The van der Waals surface area contributed by atoms with Crippen molar-refractivity contribution in [2.75, 3.05) is 17.2 Å². The summed E-state index contributed by atoms with van der Waals surface area (Å²) < 4.78 is 5.50. The number of amides is 3. The van der Waals surface area contributed by atoms with Crippen molar-refractivity contribution >= 4 is 34.7 Å². The number of nitrogens with one attached hydrogen (secondary N) is 2. The number of hydrogen-bond donors (Lipinski definition) is 2. The minimum absolute atomic E-state index is 0.110. The molecule has 0 fully saturated rings. The summed E-state index contributed by atoms with van der Waals surface area (Å²) in [7, 11) is 0. The molecule has 0 bridgehead atoms. The Morgan fingerprint density at radius 3 is 2.29 bits per heavy atom. The van der Waals surface area contributed by atoms with Crippen LogP contribution < -0.4 is 15.4 Å². The van der Waals surface area contributed by atoms with Crippen molar-refractivity contribution in [3.8, 4) is 5.75 Å². The minimum atomic E-state index is -0.427. The van der Waals surface area contributed by atoms with Crippen LogP contribution in [0.25, 0.3) is 5.57 Å². The Labute approximate surface area is 197 Å². The van der Waals surface area contributed by atoms with Crippen LogP contribution in [0.3, 0.4) is 0 Å². The van der Waals surface area contributed by atoms with E-state index in [9.17, 15) is 14.4 Å². The number of rotatable bonds is 8. The second-order valence-electron chi connectivity index (χ2n) is 7.65. The fourth-order valence-corrected chi connectivity index (χ4v) is 3.65. The van der Waals surface area contributed by atoms with Gasteiger partial charge in [0.05, 0.1) is 18.7 Å². The van der Waals surface area contributed by atoms with Gasteiger partial charge in [-0.2, -0.15) is 0 Å². The maximum absolute atomic E-state index is 13.4. The van der Waals surface area contributed by atoms with Crippen molar-refractivity contribution in [1.29, 1.82) is 0 Å². The van der Waals surface area contributed by atoms with E-state index in [4.69, 9.17) is 4.74 Å². The molecule has 0 radical (unpaired) electrons. The molecule has 4 rings (SSSR count). The lowest BCUT2D eigenvalue weighted by Gasteiger charge is -2.15. The van der Waals surface area contributed by atoms with Gasteiger partial charge >= 0.3 is 0 Å². The molecule has 1 aliphatic rings. The molecule has 0 aliphatic carbocycles. The monoisotopic (exact) mass is 456 g/mol. The number of aromatic nitrogens is 1. The van der Waals surface area contributed by atoms with Crippen LogP contribution >= 0.6 is 0 Å². The number of pyridine rings is 1. The first-order chi connectivity index (χ1) is 16.5. The molecule has 3 amide bonds. The zero-order valence-corrected chi connectivity index (χ0v) is 18.9. The Kier molecular flexibility index (Phi) is 6.68. The number of anilines is 2. The molecule has 0 spiro atoms. The van der Waals surface area contributed by atoms with Gasteiger partial charge in [-0.3, -0.25) is 24.3 Å². The molecule has 0 atom stereocenters. The van der Waals surface area contributed by atoms with E-state index in [1.807, 2.05) is 13.0 Å². The predicted octanol–water partition coefficient (Wildman–Crippen LogP) is 3.83. The lowest BCUT2D eigenvalue weighted by atomic mass is 10.0. The molecule has 1 aliphatic heterocycles. The van der Waals surface area contributed by atoms with Crippen LogP contribution in [0.4, 0.5) is 11.4 Å². The number of imide groups is 1. The maximum Gasteiger partial charge on any atom is 0.278 e. The molecule has 2 heterocycles. The summed E-state index contributed by atoms with van der Waals surface area (Å²) >= 11 is 0. The molecule has 8 nitrogen and oxygen atoms in total. The molecule has 8 heteroatoms. The highest BCUT2D eigenvalue weighted by Crippen LogP contribution is 2.32. The van der Waals surface area contributed by atoms with Crippen LogP contribution in [-0.2, 0) is 20.9 Å². The highest BCUT2D eigenvalue weighted by Gasteiger charge is 2.39. The topological polar surface area (TPSA) is 101 Å². The Balaban J connectivity index is 1.68. The Bertz CT molecular complexity index is 1240. The quantitative estimate of drug-likeness (QED) is 0.500. The largest absolute Gasteiger partial charge is 0.494 e. The van der Waals surface area contributed by atoms with E-state index >= 15 is 0 Å². The summed E-state index contributed by atoms with van der Waals surface area (Å²) in [5.74, 6) is -0.318. The molecule has 0 saturated heterocycles. The van der Waals surface area contributed by atoms with Crippen LogP contribution in [0, 0.1) is 0 Å². The first-order valence-electron chi connectivity index (χ1n) is 10.8. The van der Waals surface area contributed by atoms with Gasteiger partial charge in [0.25, 0.3) is 11.8 Å². The summed E-state index contributed by atoms with van der Waals surface area (Å²) in [6.07, 6.45) is 3.27. The highest BCUT2D eigenvalue weighted by molar-refractivity contribution is 6.36. The molecule has 3 aromatic rings. The number of nitrogens with zero attached hydrogens (tertiary/aromatic N) is 2. The van der Waals surface area contributed by atoms with E-state index in [2.05, 4.69) is 15.6 Å². The SMILES string of the molecule is CCOc1ccc(C2=C(Nc3ccc(NC(C)=O)cc3)C(=O)N(Cc3cccnc3)C2=O)cc1. The van der Waals surface area contributed by atoms with E-state index in [0.29, 0.717) is 29.3 Å². The summed E-state index contributed by atoms with van der Waals surface area (Å²) in [4.78, 5) is 43.3. The predicted molar refractivity (Wildman–Crippen MR) is 129 cm³/mol. The van der Waals surface area contributed by atoms with Crippen molar-refractivity contribution in [2.45, 2.75) is 20.4 Å². The van der Waals surface area contributed by atoms with Crippen LogP contribution in [0.5, 0.6) is 5.75 Å². The second-order valence-corrected chi connectivity index (χ2v) is 7.65. The van der Waals surface area contributed by atoms with Crippen LogP contribution in [0.2, 0.25) is 0 Å². The van der Waals surface area contributed by atoms with E-state index < -0.39 is 11.8 Å². The van der Waals surface area contributed by atoms with Crippen molar-refractivity contribution in [3.05, 3.63) is 89.9 Å². The molecule has 34 heavy (non-hydrogen) atoms. The standard InChI is InChI=1S/C26H24N4O4/c1-3-34-22-12-6-19(7-13-22)23-24(29-21-10-8-20(9-11-21)28-17(2)31)26(33)30(25(23)32)16-18-5-4-14-27-15-18/h4-15,29H,3,16H2,1-2H3,(H,28,31). The summed E-state index contributed by atoms with van der Waals surface area (Å²) in [6, 6.07) is 17.5. The van der Waals surface area contributed by atoms with Crippen LogP contribution in [-0.4, -0.2) is 34.2 Å². The van der Waals surface area contributed by atoms with Crippen LogP contribution in [0.15, 0.2) is 78.8 Å². The van der Waals surface area contributed by atoms with E-state index in [1.54, 1.807) is 67.0 Å². The average Bonchev–Trinajstić information content (AvgIpc) is 3.06. The smallest absolute Gasteiger partial charge is 0.278 e. The van der Waals surface area contributed by atoms with Crippen molar-refractivity contribution in [1.82, 2.24) is 9.88 Å². The van der Waals surface area contributed by atoms with Crippen molar-refractivity contribution in [3.63, 3.8) is 0 Å². The van der Waals surface area contributed by atoms with E-state index in [0.717, 1.165) is 5.56 Å². The van der Waals surface area contributed by atoms with Gasteiger partial charge in [0.15, 0.2) is 0 Å². The van der Waals surface area contributed by atoms with Crippen LogP contribution in [0.1, 0.15) is 25.0 Å². The Morgan fingerprint density at radius 2 is 1.68 bits per heavy atom. The maximum atomic E-state index is 13.4. The minimum Gasteiger partial charge on any atom is -0.494 e. The second kappa shape index (κ2) is 9.99. The lowest BCUT2D eigenvalue weighted by Crippen LogP contribution is -2.32. The number of hydrogen-bond acceptors (Lipinski definition) is 6. The molecule has 0 saturated carbocycles. The van der Waals surface area contributed by atoms with E-state index in [-0.39, 0.29) is 23.7 Å². The van der Waals surface area contributed by atoms with Crippen molar-refractivity contribution < 1.29 is 19.1 Å². The van der Waals surface area contributed by atoms with Gasteiger partial charge in [-0.15, -0.1) is 0 Å². The molecular formula is C26H24N4O4. The average molecular weight is 457 g/mol. The summed E-state index contributed by atoms with van der Waals surface area (Å²) in [5.41, 5.74) is 3.06. The van der Waals surface area contributed by atoms with Crippen molar-refractivity contribution in [2.24, 2.45) is 0 Å². The molecule has 2 N–H and O–H groups in total.